The van der Waals surface area contributed by atoms with E-state index in [1.54, 1.807) is 6.33 Å². The van der Waals surface area contributed by atoms with Crippen molar-refractivity contribution >= 4 is 34.4 Å². The van der Waals surface area contributed by atoms with Crippen molar-refractivity contribution in [2.24, 2.45) is 0 Å². The van der Waals surface area contributed by atoms with Crippen LogP contribution in [0.3, 0.4) is 0 Å². The molecule has 6 rings (SSSR count). The molecular weight excluding hydrogens is 454 g/mol. The van der Waals surface area contributed by atoms with Gasteiger partial charge < -0.3 is 25.3 Å². The second-order valence-electron chi connectivity index (χ2n) is 10.3. The molecule has 3 aliphatic rings. The Bertz CT molecular complexity index is 1160. The Hall–Kier alpha value is -2.98. The zero-order valence-electron chi connectivity index (χ0n) is 21.2. The Balaban J connectivity index is 1.13. The number of aromatic nitrogens is 5. The zero-order chi connectivity index (χ0) is 24.3. The maximum absolute atomic E-state index is 5.52. The fourth-order valence-electron chi connectivity index (χ4n) is 5.81. The lowest BCUT2D eigenvalue weighted by Crippen LogP contribution is -2.49. The smallest absolute Gasteiger partial charge is 0.231 e. The molecule has 1 aliphatic carbocycles. The minimum absolute atomic E-state index is 0.441. The molecule has 3 aromatic rings. The standard InChI is InChI=1S/C26H37N9O/c1-18-21(7-8-22(29-18)35-11-9-20(10-12-35)34-13-15-36-16-14-34)31-26-32-24-23(27-17-28-24)25(33-26)30-19-5-3-2-4-6-19/h7-8,17,19-20H,2-6,9-16H2,1H3,(H3,27,28,30,31,32,33). The highest BCUT2D eigenvalue weighted by atomic mass is 16.5. The monoisotopic (exact) mass is 491 g/mol. The molecule has 2 aliphatic heterocycles. The van der Waals surface area contributed by atoms with Crippen LogP contribution in [0.1, 0.15) is 50.6 Å². The summed E-state index contributed by atoms with van der Waals surface area (Å²) in [5.74, 6) is 2.39. The van der Waals surface area contributed by atoms with Gasteiger partial charge in [0.2, 0.25) is 5.95 Å². The van der Waals surface area contributed by atoms with Crippen molar-refractivity contribution in [1.29, 1.82) is 0 Å². The number of piperidine rings is 1. The number of morpholine rings is 1. The lowest BCUT2D eigenvalue weighted by atomic mass is 9.95. The number of fused-ring (bicyclic) bond motifs is 1. The van der Waals surface area contributed by atoms with Crippen molar-refractivity contribution < 1.29 is 4.74 Å². The highest BCUT2D eigenvalue weighted by Crippen LogP contribution is 2.28. The number of nitrogens with zero attached hydrogens (tertiary/aromatic N) is 6. The van der Waals surface area contributed by atoms with Crippen LogP contribution in [0.4, 0.5) is 23.3 Å². The first kappa shape index (κ1) is 23.4. The van der Waals surface area contributed by atoms with Gasteiger partial charge in [0, 0.05) is 38.3 Å². The van der Waals surface area contributed by atoms with E-state index in [1.807, 2.05) is 6.92 Å². The van der Waals surface area contributed by atoms with Gasteiger partial charge in [-0.1, -0.05) is 19.3 Å². The summed E-state index contributed by atoms with van der Waals surface area (Å²) < 4.78 is 5.52. The van der Waals surface area contributed by atoms with Gasteiger partial charge in [0.05, 0.1) is 30.9 Å². The number of aromatic amines is 1. The average Bonchev–Trinajstić information content (AvgIpc) is 3.40. The molecule has 1 saturated carbocycles. The topological polar surface area (TPSA) is 107 Å². The summed E-state index contributed by atoms with van der Waals surface area (Å²) in [6, 6.07) is 5.32. The third-order valence-corrected chi connectivity index (χ3v) is 7.89. The lowest BCUT2D eigenvalue weighted by molar-refractivity contribution is 0.0115. The Morgan fingerprint density at radius 1 is 0.944 bits per heavy atom. The number of aryl methyl sites for hydroxylation is 1. The fraction of sp³-hybridized carbons (Fsp3) is 0.615. The van der Waals surface area contributed by atoms with E-state index >= 15 is 0 Å². The molecule has 192 valence electrons. The molecule has 10 nitrogen and oxygen atoms in total. The molecule has 0 radical (unpaired) electrons. The van der Waals surface area contributed by atoms with Crippen molar-refractivity contribution in [3.8, 4) is 0 Å². The largest absolute Gasteiger partial charge is 0.379 e. The zero-order valence-corrected chi connectivity index (χ0v) is 21.2. The third kappa shape index (κ3) is 5.10. The molecule has 10 heteroatoms. The third-order valence-electron chi connectivity index (χ3n) is 7.89. The molecular formula is C26H37N9O. The summed E-state index contributed by atoms with van der Waals surface area (Å²) >= 11 is 0. The molecule has 3 aromatic heterocycles. The Labute approximate surface area is 212 Å². The molecule has 0 amide bonds. The molecule has 0 bridgehead atoms. The number of hydrogen-bond donors (Lipinski definition) is 3. The molecule has 0 spiro atoms. The predicted molar refractivity (Wildman–Crippen MR) is 142 cm³/mol. The Morgan fingerprint density at radius 3 is 2.53 bits per heavy atom. The quantitative estimate of drug-likeness (QED) is 0.474. The van der Waals surface area contributed by atoms with Crippen LogP contribution >= 0.6 is 0 Å². The maximum Gasteiger partial charge on any atom is 0.231 e. The van der Waals surface area contributed by atoms with E-state index in [1.165, 1.54) is 44.9 Å². The molecule has 36 heavy (non-hydrogen) atoms. The van der Waals surface area contributed by atoms with Gasteiger partial charge in [0.25, 0.3) is 0 Å². The normalized spacial score (nSPS) is 20.6. The Morgan fingerprint density at radius 2 is 1.75 bits per heavy atom. The highest BCUT2D eigenvalue weighted by molar-refractivity contribution is 5.84. The SMILES string of the molecule is Cc1nc(N2CCC(N3CCOCC3)CC2)ccc1Nc1nc(NC2CCCCC2)c2nc[nH]c2n1. The van der Waals surface area contributed by atoms with Gasteiger partial charge in [-0.25, -0.2) is 9.97 Å². The first-order valence-electron chi connectivity index (χ1n) is 13.5. The van der Waals surface area contributed by atoms with Crippen LogP contribution in [0.15, 0.2) is 18.5 Å². The fourth-order valence-corrected chi connectivity index (χ4v) is 5.81. The van der Waals surface area contributed by atoms with Crippen LogP contribution in [-0.2, 0) is 4.74 Å². The Kier molecular flexibility index (Phi) is 6.87. The number of ether oxygens (including phenoxy) is 1. The number of rotatable bonds is 6. The van der Waals surface area contributed by atoms with Gasteiger partial charge in [0.1, 0.15) is 11.3 Å². The summed E-state index contributed by atoms with van der Waals surface area (Å²) in [5.41, 5.74) is 3.38. The van der Waals surface area contributed by atoms with E-state index < -0.39 is 0 Å². The highest BCUT2D eigenvalue weighted by Gasteiger charge is 2.26. The summed E-state index contributed by atoms with van der Waals surface area (Å²) in [6.07, 6.45) is 10.2. The molecule has 3 N–H and O–H groups in total. The molecule has 0 atom stereocenters. The molecule has 0 aromatic carbocycles. The van der Waals surface area contributed by atoms with Crippen molar-refractivity contribution in [1.82, 2.24) is 29.8 Å². The van der Waals surface area contributed by atoms with E-state index in [0.29, 0.717) is 18.0 Å². The van der Waals surface area contributed by atoms with Crippen molar-refractivity contribution in [3.63, 3.8) is 0 Å². The van der Waals surface area contributed by atoms with Crippen molar-refractivity contribution in [3.05, 3.63) is 24.2 Å². The second kappa shape index (κ2) is 10.6. The van der Waals surface area contributed by atoms with Crippen LogP contribution in [0.5, 0.6) is 0 Å². The summed E-state index contributed by atoms with van der Waals surface area (Å²) in [5, 5.41) is 7.03. The molecule has 2 saturated heterocycles. The van der Waals surface area contributed by atoms with Crippen molar-refractivity contribution in [2.75, 3.05) is 54.9 Å². The first-order chi connectivity index (χ1) is 17.7. The van der Waals surface area contributed by atoms with Gasteiger partial charge >= 0.3 is 0 Å². The maximum atomic E-state index is 5.52. The van der Waals surface area contributed by atoms with Crippen LogP contribution in [0, 0.1) is 6.92 Å². The molecule has 5 heterocycles. The van der Waals surface area contributed by atoms with Crippen molar-refractivity contribution in [2.45, 2.75) is 64.0 Å². The molecule has 3 fully saturated rings. The number of anilines is 4. The minimum atomic E-state index is 0.441. The second-order valence-corrected chi connectivity index (χ2v) is 10.3. The van der Waals surface area contributed by atoms with E-state index in [4.69, 9.17) is 14.7 Å². The lowest BCUT2D eigenvalue weighted by Gasteiger charge is -2.40. The number of imidazole rings is 1. The minimum Gasteiger partial charge on any atom is -0.379 e. The number of nitrogens with one attached hydrogen (secondary N) is 3. The number of H-pyrrole nitrogens is 1. The van der Waals surface area contributed by atoms with Gasteiger partial charge in [-0.05, 0) is 44.7 Å². The average molecular weight is 492 g/mol. The number of hydrogen-bond acceptors (Lipinski definition) is 9. The van der Waals surface area contributed by atoms with Gasteiger partial charge in [-0.2, -0.15) is 9.97 Å². The first-order valence-corrected chi connectivity index (χ1v) is 13.5. The van der Waals surface area contributed by atoms with Gasteiger partial charge in [-0.3, -0.25) is 4.90 Å². The van der Waals surface area contributed by atoms with Crippen LogP contribution in [0.25, 0.3) is 11.2 Å². The van der Waals surface area contributed by atoms with Crippen LogP contribution < -0.4 is 15.5 Å². The van der Waals surface area contributed by atoms with Crippen LogP contribution in [-0.4, -0.2) is 81.3 Å². The van der Waals surface area contributed by atoms with E-state index in [0.717, 1.165) is 73.6 Å². The van der Waals surface area contributed by atoms with E-state index in [-0.39, 0.29) is 0 Å². The summed E-state index contributed by atoms with van der Waals surface area (Å²) in [7, 11) is 0. The molecule has 0 unspecified atom stereocenters. The number of pyridine rings is 1. The van der Waals surface area contributed by atoms with Crippen LogP contribution in [0.2, 0.25) is 0 Å². The summed E-state index contributed by atoms with van der Waals surface area (Å²) in [4.78, 5) is 27.0. The predicted octanol–water partition coefficient (Wildman–Crippen LogP) is 3.85. The van der Waals surface area contributed by atoms with E-state index in [2.05, 4.69) is 47.5 Å². The van der Waals surface area contributed by atoms with Gasteiger partial charge in [-0.15, -0.1) is 0 Å². The van der Waals surface area contributed by atoms with Gasteiger partial charge in [0.15, 0.2) is 11.5 Å². The summed E-state index contributed by atoms with van der Waals surface area (Å²) in [6.45, 7) is 7.98. The van der Waals surface area contributed by atoms with E-state index in [9.17, 15) is 0 Å².